The number of esters is 2. The third-order valence-corrected chi connectivity index (χ3v) is 1.38. The van der Waals surface area contributed by atoms with E-state index in [1.54, 1.807) is 0 Å². The zero-order chi connectivity index (χ0) is 11.0. The number of rotatable bonds is 6. The predicted octanol–water partition coefficient (Wildman–Crippen LogP) is 0.467. The van der Waals surface area contributed by atoms with Crippen LogP contribution in [0.3, 0.4) is 0 Å². The maximum absolute atomic E-state index is 10.9. The third-order valence-electron chi connectivity index (χ3n) is 1.38. The summed E-state index contributed by atoms with van der Waals surface area (Å²) < 4.78 is 8.85. The molecule has 78 valence electrons. The van der Waals surface area contributed by atoms with Crippen molar-refractivity contribution in [1.29, 1.82) is 0 Å². The van der Waals surface area contributed by atoms with E-state index in [1.807, 2.05) is 0 Å². The first-order chi connectivity index (χ1) is 6.61. The first-order valence-electron chi connectivity index (χ1n) is 3.99. The molecule has 0 heterocycles. The van der Waals surface area contributed by atoms with E-state index in [4.69, 9.17) is 5.73 Å². The van der Waals surface area contributed by atoms with Crippen molar-refractivity contribution in [2.45, 2.75) is 18.9 Å². The molecule has 14 heavy (non-hydrogen) atoms. The number of nitrogens with two attached hydrogens (primary N) is 1. The summed E-state index contributed by atoms with van der Waals surface area (Å²) in [5.74, 6) is -1.10. The first-order valence-corrected chi connectivity index (χ1v) is 3.99. The van der Waals surface area contributed by atoms with Crippen molar-refractivity contribution in [3.63, 3.8) is 0 Å². The lowest BCUT2D eigenvalue weighted by Gasteiger charge is -2.07. The Balaban J connectivity index is 3.77. The standard InChI is InChI=1S/C9H13NO4/c1-3-13-8(11)6-5-7(10)9(12)14-4-2/h3-4,7H,1-2,5-6,10H2. The topological polar surface area (TPSA) is 78.6 Å². The van der Waals surface area contributed by atoms with Gasteiger partial charge in [0.05, 0.1) is 12.5 Å². The number of hydrogen-bond acceptors (Lipinski definition) is 5. The molecule has 0 saturated heterocycles. The quantitative estimate of drug-likeness (QED) is 0.497. The second kappa shape index (κ2) is 6.85. The van der Waals surface area contributed by atoms with Gasteiger partial charge in [-0.25, -0.2) is 4.79 Å². The van der Waals surface area contributed by atoms with E-state index in [0.717, 1.165) is 12.5 Å². The van der Waals surface area contributed by atoms with Gasteiger partial charge in [-0.1, -0.05) is 13.2 Å². The van der Waals surface area contributed by atoms with Crippen LogP contribution in [0.4, 0.5) is 0 Å². The Bertz CT molecular complexity index is 237. The average Bonchev–Trinajstić information content (AvgIpc) is 2.15. The van der Waals surface area contributed by atoms with Crippen LogP contribution in [0, 0.1) is 0 Å². The fourth-order valence-corrected chi connectivity index (χ4v) is 0.713. The molecule has 0 spiro atoms. The largest absolute Gasteiger partial charge is 0.435 e. The summed E-state index contributed by atoms with van der Waals surface area (Å²) in [6, 6.07) is -0.842. The van der Waals surface area contributed by atoms with Gasteiger partial charge in [-0.2, -0.15) is 0 Å². The lowest BCUT2D eigenvalue weighted by atomic mass is 10.2. The van der Waals surface area contributed by atoms with Crippen molar-refractivity contribution in [1.82, 2.24) is 0 Å². The minimum atomic E-state index is -0.842. The van der Waals surface area contributed by atoms with Crippen LogP contribution in [0.5, 0.6) is 0 Å². The summed E-state index contributed by atoms with van der Waals surface area (Å²) in [6.45, 7) is 6.42. The average molecular weight is 199 g/mol. The summed E-state index contributed by atoms with van der Waals surface area (Å²) in [5, 5.41) is 0. The molecule has 0 aliphatic carbocycles. The molecule has 5 heteroatoms. The van der Waals surface area contributed by atoms with E-state index in [-0.39, 0.29) is 12.8 Å². The predicted molar refractivity (Wildman–Crippen MR) is 49.8 cm³/mol. The van der Waals surface area contributed by atoms with Crippen molar-refractivity contribution in [2.75, 3.05) is 0 Å². The molecule has 0 aromatic heterocycles. The summed E-state index contributed by atoms with van der Waals surface area (Å²) in [7, 11) is 0. The molecule has 0 saturated carbocycles. The molecule has 0 aromatic carbocycles. The highest BCUT2D eigenvalue weighted by Gasteiger charge is 2.15. The van der Waals surface area contributed by atoms with Gasteiger partial charge >= 0.3 is 11.9 Å². The van der Waals surface area contributed by atoms with Gasteiger partial charge in [0.25, 0.3) is 0 Å². The highest BCUT2D eigenvalue weighted by molar-refractivity contribution is 5.77. The third kappa shape index (κ3) is 5.10. The van der Waals surface area contributed by atoms with E-state index in [0.29, 0.717) is 0 Å². The van der Waals surface area contributed by atoms with Crippen molar-refractivity contribution in [3.05, 3.63) is 25.7 Å². The van der Waals surface area contributed by atoms with Gasteiger partial charge in [0.15, 0.2) is 0 Å². The molecule has 2 N–H and O–H groups in total. The van der Waals surface area contributed by atoms with Crippen LogP contribution >= 0.6 is 0 Å². The molecule has 0 aliphatic heterocycles. The molecule has 0 bridgehead atoms. The molecule has 0 rings (SSSR count). The van der Waals surface area contributed by atoms with Gasteiger partial charge in [0.1, 0.15) is 6.04 Å². The fraction of sp³-hybridized carbons (Fsp3) is 0.333. The van der Waals surface area contributed by atoms with Crippen LogP contribution < -0.4 is 5.73 Å². The highest BCUT2D eigenvalue weighted by atomic mass is 16.5. The summed E-state index contributed by atoms with van der Waals surface area (Å²) in [5.41, 5.74) is 5.39. The minimum absolute atomic E-state index is 0.0411. The lowest BCUT2D eigenvalue weighted by Crippen LogP contribution is -2.31. The van der Waals surface area contributed by atoms with E-state index in [9.17, 15) is 9.59 Å². The summed E-state index contributed by atoms with van der Waals surface area (Å²) in [6.07, 6.45) is 2.22. The maximum atomic E-state index is 10.9. The van der Waals surface area contributed by atoms with E-state index in [2.05, 4.69) is 22.6 Å². The van der Waals surface area contributed by atoms with E-state index in [1.165, 1.54) is 0 Å². The molecule has 1 unspecified atom stereocenters. The second-order valence-corrected chi connectivity index (χ2v) is 2.41. The molecular weight excluding hydrogens is 186 g/mol. The molecule has 0 aliphatic rings. The van der Waals surface area contributed by atoms with Crippen molar-refractivity contribution >= 4 is 11.9 Å². The Morgan fingerprint density at radius 1 is 1.29 bits per heavy atom. The van der Waals surface area contributed by atoms with Gasteiger partial charge in [-0.05, 0) is 6.42 Å². The van der Waals surface area contributed by atoms with Gasteiger partial charge in [-0.3, -0.25) is 4.79 Å². The van der Waals surface area contributed by atoms with Gasteiger partial charge in [-0.15, -0.1) is 0 Å². The smallest absolute Gasteiger partial charge is 0.327 e. The minimum Gasteiger partial charge on any atom is -0.435 e. The molecule has 1 atom stereocenters. The molecular formula is C9H13NO4. The van der Waals surface area contributed by atoms with Crippen LogP contribution in [-0.4, -0.2) is 18.0 Å². The molecule has 0 amide bonds. The van der Waals surface area contributed by atoms with Crippen LogP contribution in [0.1, 0.15) is 12.8 Å². The monoisotopic (exact) mass is 199 g/mol. The lowest BCUT2D eigenvalue weighted by molar-refractivity contribution is -0.140. The Kier molecular flexibility index (Phi) is 6.06. The Morgan fingerprint density at radius 3 is 2.36 bits per heavy atom. The van der Waals surface area contributed by atoms with Gasteiger partial charge in [0, 0.05) is 6.42 Å². The van der Waals surface area contributed by atoms with Crippen molar-refractivity contribution in [2.24, 2.45) is 5.73 Å². The Hall–Kier alpha value is -1.62. The summed E-state index contributed by atoms with van der Waals surface area (Å²) >= 11 is 0. The SMILES string of the molecule is C=COC(=O)CCC(N)C(=O)OC=C. The fourth-order valence-electron chi connectivity index (χ4n) is 0.713. The highest BCUT2D eigenvalue weighted by Crippen LogP contribution is 1.99. The zero-order valence-electron chi connectivity index (χ0n) is 7.77. The second-order valence-electron chi connectivity index (χ2n) is 2.41. The summed E-state index contributed by atoms with van der Waals surface area (Å²) in [4.78, 5) is 21.7. The zero-order valence-corrected chi connectivity index (χ0v) is 7.77. The molecule has 5 nitrogen and oxygen atoms in total. The molecule has 0 fully saturated rings. The maximum Gasteiger partial charge on any atom is 0.327 e. The van der Waals surface area contributed by atoms with Gasteiger partial charge in [0.2, 0.25) is 0 Å². The number of carbonyl (C=O) groups excluding carboxylic acids is 2. The molecule has 0 aromatic rings. The van der Waals surface area contributed by atoms with Crippen molar-refractivity contribution in [3.8, 4) is 0 Å². The number of ether oxygens (including phenoxy) is 2. The normalized spacial score (nSPS) is 11.2. The van der Waals surface area contributed by atoms with Crippen LogP contribution in [-0.2, 0) is 19.1 Å². The van der Waals surface area contributed by atoms with E-state index >= 15 is 0 Å². The Morgan fingerprint density at radius 2 is 1.86 bits per heavy atom. The van der Waals surface area contributed by atoms with Crippen LogP contribution in [0.15, 0.2) is 25.7 Å². The van der Waals surface area contributed by atoms with Crippen LogP contribution in [0.2, 0.25) is 0 Å². The number of carbonyl (C=O) groups is 2. The van der Waals surface area contributed by atoms with Crippen molar-refractivity contribution < 1.29 is 19.1 Å². The number of hydrogen-bond donors (Lipinski definition) is 1. The van der Waals surface area contributed by atoms with Crippen LogP contribution in [0.25, 0.3) is 0 Å². The Labute approximate surface area is 82.2 Å². The first kappa shape index (κ1) is 12.4. The van der Waals surface area contributed by atoms with Gasteiger partial charge < -0.3 is 15.2 Å². The van der Waals surface area contributed by atoms with E-state index < -0.39 is 18.0 Å². The molecule has 0 radical (unpaired) electrons.